The van der Waals surface area contributed by atoms with Crippen LogP contribution in [0.3, 0.4) is 0 Å². The lowest BCUT2D eigenvalue weighted by Gasteiger charge is -2.25. The van der Waals surface area contributed by atoms with Crippen LogP contribution in [0.15, 0.2) is 22.8 Å². The van der Waals surface area contributed by atoms with E-state index in [1.807, 2.05) is 0 Å². The fourth-order valence-corrected chi connectivity index (χ4v) is 3.67. The molecule has 2 amide bonds. The van der Waals surface area contributed by atoms with Gasteiger partial charge in [-0.25, -0.2) is 0 Å². The highest BCUT2D eigenvalue weighted by molar-refractivity contribution is 6.03. The van der Waals surface area contributed by atoms with Crippen molar-refractivity contribution in [3.63, 3.8) is 0 Å². The van der Waals surface area contributed by atoms with Gasteiger partial charge in [-0.05, 0) is 43.5 Å². The number of likely N-dealkylation sites (tertiary alicyclic amines) is 1. The van der Waals surface area contributed by atoms with Crippen LogP contribution in [0.5, 0.6) is 0 Å². The summed E-state index contributed by atoms with van der Waals surface area (Å²) in [6.07, 6.45) is 2.45. The van der Waals surface area contributed by atoms with Gasteiger partial charge in [0.1, 0.15) is 0 Å². The highest BCUT2D eigenvalue weighted by Crippen LogP contribution is 2.33. The predicted molar refractivity (Wildman–Crippen MR) is 76.7 cm³/mol. The van der Waals surface area contributed by atoms with Gasteiger partial charge in [-0.3, -0.25) is 19.8 Å². The van der Waals surface area contributed by atoms with Crippen molar-refractivity contribution in [2.45, 2.75) is 19.4 Å². The number of hydrogen-bond donors (Lipinski definition) is 2. The van der Waals surface area contributed by atoms with Gasteiger partial charge in [0.15, 0.2) is 5.76 Å². The van der Waals surface area contributed by atoms with Crippen molar-refractivity contribution >= 4 is 11.8 Å². The molecule has 3 heterocycles. The van der Waals surface area contributed by atoms with E-state index in [-0.39, 0.29) is 18.2 Å². The average Bonchev–Trinajstić information content (AvgIpc) is 3.14. The molecule has 2 aliphatic rings. The highest BCUT2D eigenvalue weighted by Gasteiger charge is 2.43. The predicted octanol–water partition coefficient (Wildman–Crippen LogP) is 0.466. The van der Waals surface area contributed by atoms with E-state index in [1.165, 1.54) is 6.26 Å². The van der Waals surface area contributed by atoms with E-state index in [2.05, 4.69) is 22.5 Å². The topological polar surface area (TPSA) is 74.6 Å². The quantitative estimate of drug-likeness (QED) is 0.843. The lowest BCUT2D eigenvalue weighted by Crippen LogP contribution is -2.43. The molecule has 2 saturated heterocycles. The minimum atomic E-state index is -0.473. The van der Waals surface area contributed by atoms with E-state index < -0.39 is 5.91 Å². The van der Waals surface area contributed by atoms with E-state index in [0.717, 1.165) is 26.1 Å². The number of rotatable bonds is 4. The molecular formula is C15H21N3O3. The molecule has 3 atom stereocenters. The monoisotopic (exact) mass is 291 g/mol. The van der Waals surface area contributed by atoms with Crippen LogP contribution in [0.1, 0.15) is 23.9 Å². The van der Waals surface area contributed by atoms with E-state index in [4.69, 9.17) is 4.42 Å². The maximum absolute atomic E-state index is 12.1. The van der Waals surface area contributed by atoms with Crippen LogP contribution in [0.25, 0.3) is 0 Å². The number of hydrogen-bond acceptors (Lipinski definition) is 5. The molecule has 114 valence electrons. The fourth-order valence-electron chi connectivity index (χ4n) is 3.67. The van der Waals surface area contributed by atoms with Gasteiger partial charge in [0.2, 0.25) is 5.91 Å². The summed E-state index contributed by atoms with van der Waals surface area (Å²) in [6, 6.07) is 3.60. The van der Waals surface area contributed by atoms with Gasteiger partial charge in [-0.2, -0.15) is 0 Å². The maximum Gasteiger partial charge on any atom is 0.293 e. The molecule has 6 nitrogen and oxygen atoms in total. The molecule has 3 rings (SSSR count). The van der Waals surface area contributed by atoms with Gasteiger partial charge in [0.25, 0.3) is 5.91 Å². The van der Waals surface area contributed by atoms with Crippen LogP contribution in [-0.2, 0) is 4.79 Å². The molecule has 21 heavy (non-hydrogen) atoms. The number of imide groups is 1. The lowest BCUT2D eigenvalue weighted by molar-refractivity contribution is -0.121. The van der Waals surface area contributed by atoms with Crippen molar-refractivity contribution in [3.8, 4) is 0 Å². The van der Waals surface area contributed by atoms with Gasteiger partial charge in [-0.1, -0.05) is 6.92 Å². The average molecular weight is 291 g/mol. The van der Waals surface area contributed by atoms with Crippen molar-refractivity contribution in [2.24, 2.45) is 11.8 Å². The maximum atomic E-state index is 12.1. The normalized spacial score (nSPS) is 28.5. The molecular weight excluding hydrogens is 270 g/mol. The highest BCUT2D eigenvalue weighted by atomic mass is 16.3. The summed E-state index contributed by atoms with van der Waals surface area (Å²) >= 11 is 0. The zero-order valence-electron chi connectivity index (χ0n) is 12.2. The molecule has 0 aliphatic carbocycles. The van der Waals surface area contributed by atoms with Gasteiger partial charge in [0, 0.05) is 12.6 Å². The minimum absolute atomic E-state index is 0.165. The molecule has 0 aromatic carbocycles. The van der Waals surface area contributed by atoms with Gasteiger partial charge >= 0.3 is 0 Å². The van der Waals surface area contributed by atoms with E-state index in [1.54, 1.807) is 12.1 Å². The standard InChI is InChI=1S/C15H21N3O3/c1-2-12-11-7-16-6-10(11)8-18(12)9-14(19)17-15(20)13-4-3-5-21-13/h3-5,10-12,16H,2,6-9H2,1H3,(H,17,19,20). The Hall–Kier alpha value is -1.66. The molecule has 1 aromatic heterocycles. The van der Waals surface area contributed by atoms with Gasteiger partial charge in [-0.15, -0.1) is 0 Å². The summed E-state index contributed by atoms with van der Waals surface area (Å²) in [5.74, 6) is 0.687. The SMILES string of the molecule is CCC1C2CNCC2CN1CC(=O)NC(=O)c1ccco1. The summed E-state index contributed by atoms with van der Waals surface area (Å²) in [7, 11) is 0. The third-order valence-electron chi connectivity index (χ3n) is 4.59. The van der Waals surface area contributed by atoms with Crippen LogP contribution < -0.4 is 10.6 Å². The largest absolute Gasteiger partial charge is 0.459 e. The number of furan rings is 1. The van der Waals surface area contributed by atoms with Crippen molar-refractivity contribution in [2.75, 3.05) is 26.2 Å². The Balaban J connectivity index is 1.56. The number of amides is 2. The third-order valence-corrected chi connectivity index (χ3v) is 4.59. The molecule has 0 radical (unpaired) electrons. The van der Waals surface area contributed by atoms with Crippen molar-refractivity contribution in [1.82, 2.24) is 15.5 Å². The molecule has 0 bridgehead atoms. The molecule has 2 fully saturated rings. The summed E-state index contributed by atoms with van der Waals surface area (Å²) in [4.78, 5) is 26.0. The second kappa shape index (κ2) is 5.99. The Bertz CT molecular complexity index is 514. The molecule has 0 spiro atoms. The number of nitrogens with one attached hydrogen (secondary N) is 2. The first kappa shape index (κ1) is 14.3. The first-order valence-corrected chi connectivity index (χ1v) is 7.51. The summed E-state index contributed by atoms with van der Waals surface area (Å²) in [5, 5.41) is 5.81. The number of carbonyl (C=O) groups is 2. The van der Waals surface area contributed by atoms with Gasteiger partial charge < -0.3 is 9.73 Å². The lowest BCUT2D eigenvalue weighted by atomic mass is 9.93. The first-order valence-electron chi connectivity index (χ1n) is 7.51. The van der Waals surface area contributed by atoms with Crippen LogP contribution in [0.2, 0.25) is 0 Å². The molecule has 0 saturated carbocycles. The molecule has 2 N–H and O–H groups in total. The zero-order chi connectivity index (χ0) is 14.8. The minimum Gasteiger partial charge on any atom is -0.459 e. The van der Waals surface area contributed by atoms with Crippen molar-refractivity contribution < 1.29 is 14.0 Å². The molecule has 2 aliphatic heterocycles. The second-order valence-electron chi connectivity index (χ2n) is 5.84. The third kappa shape index (κ3) is 2.87. The Morgan fingerprint density at radius 2 is 2.33 bits per heavy atom. The number of fused-ring (bicyclic) bond motifs is 1. The second-order valence-corrected chi connectivity index (χ2v) is 5.84. The number of nitrogens with zero attached hydrogens (tertiary/aromatic N) is 1. The summed E-state index contributed by atoms with van der Waals surface area (Å²) in [6.45, 7) is 5.43. The van der Waals surface area contributed by atoms with Gasteiger partial charge in [0.05, 0.1) is 12.8 Å². The smallest absolute Gasteiger partial charge is 0.293 e. The number of carbonyl (C=O) groups excluding carboxylic acids is 2. The molecule has 3 unspecified atom stereocenters. The Morgan fingerprint density at radius 1 is 1.48 bits per heavy atom. The zero-order valence-corrected chi connectivity index (χ0v) is 12.2. The van der Waals surface area contributed by atoms with Crippen molar-refractivity contribution in [1.29, 1.82) is 0 Å². The van der Waals surface area contributed by atoms with E-state index in [9.17, 15) is 9.59 Å². The first-order chi connectivity index (χ1) is 10.2. The van der Waals surface area contributed by atoms with E-state index in [0.29, 0.717) is 17.9 Å². The molecule has 1 aromatic rings. The summed E-state index contributed by atoms with van der Waals surface area (Å²) in [5.41, 5.74) is 0. The fraction of sp³-hybridized carbons (Fsp3) is 0.600. The van der Waals surface area contributed by atoms with Crippen LogP contribution in [0.4, 0.5) is 0 Å². The van der Waals surface area contributed by atoms with Crippen LogP contribution in [-0.4, -0.2) is 48.9 Å². The van der Waals surface area contributed by atoms with Crippen LogP contribution in [0, 0.1) is 11.8 Å². The Labute approximate surface area is 123 Å². The Morgan fingerprint density at radius 3 is 3.05 bits per heavy atom. The van der Waals surface area contributed by atoms with Crippen molar-refractivity contribution in [3.05, 3.63) is 24.2 Å². The molecule has 6 heteroatoms. The van der Waals surface area contributed by atoms with E-state index >= 15 is 0 Å². The summed E-state index contributed by atoms with van der Waals surface area (Å²) < 4.78 is 4.98. The van der Waals surface area contributed by atoms with Crippen LogP contribution >= 0.6 is 0 Å². The Kier molecular flexibility index (Phi) is 4.07.